The van der Waals surface area contributed by atoms with Gasteiger partial charge in [0.25, 0.3) is 0 Å². The number of rotatable bonds is 2. The third-order valence-electron chi connectivity index (χ3n) is 3.45. The van der Waals surface area contributed by atoms with Crippen LogP contribution in [-0.4, -0.2) is 11.8 Å². The Labute approximate surface area is 98.8 Å². The van der Waals surface area contributed by atoms with Gasteiger partial charge < -0.3 is 5.73 Å². The van der Waals surface area contributed by atoms with E-state index < -0.39 is 11.6 Å². The molecular formula is C13H15F2NO. The van der Waals surface area contributed by atoms with Crippen LogP contribution in [0, 0.1) is 24.5 Å². The van der Waals surface area contributed by atoms with Crippen LogP contribution in [0.1, 0.15) is 35.2 Å². The molecule has 1 saturated carbocycles. The lowest BCUT2D eigenvalue weighted by Gasteiger charge is -2.14. The summed E-state index contributed by atoms with van der Waals surface area (Å²) in [6.45, 7) is 1.47. The molecule has 1 aromatic carbocycles. The second-order valence-corrected chi connectivity index (χ2v) is 4.62. The fraction of sp³-hybridized carbons (Fsp3) is 0.462. The molecular weight excluding hydrogens is 224 g/mol. The molecule has 1 aromatic rings. The Bertz CT molecular complexity index is 459. The van der Waals surface area contributed by atoms with E-state index in [0.29, 0.717) is 6.42 Å². The van der Waals surface area contributed by atoms with E-state index in [0.717, 1.165) is 12.8 Å². The largest absolute Gasteiger partial charge is 0.327 e. The molecule has 0 radical (unpaired) electrons. The Kier molecular flexibility index (Phi) is 3.24. The second kappa shape index (κ2) is 4.53. The predicted octanol–water partition coefficient (Wildman–Crippen LogP) is 2.58. The van der Waals surface area contributed by atoms with Crippen LogP contribution in [0.3, 0.4) is 0 Å². The van der Waals surface area contributed by atoms with Crippen LogP contribution >= 0.6 is 0 Å². The van der Waals surface area contributed by atoms with Gasteiger partial charge in [-0.05, 0) is 31.4 Å². The summed E-state index contributed by atoms with van der Waals surface area (Å²) in [6, 6.07) is 2.54. The van der Waals surface area contributed by atoms with Crippen molar-refractivity contribution in [3.05, 3.63) is 34.9 Å². The van der Waals surface area contributed by atoms with E-state index in [4.69, 9.17) is 5.73 Å². The first-order valence-corrected chi connectivity index (χ1v) is 5.76. The molecule has 0 spiro atoms. The zero-order valence-electron chi connectivity index (χ0n) is 9.67. The van der Waals surface area contributed by atoms with Gasteiger partial charge in [0.15, 0.2) is 17.4 Å². The van der Waals surface area contributed by atoms with Crippen LogP contribution in [0.15, 0.2) is 12.1 Å². The van der Waals surface area contributed by atoms with Crippen molar-refractivity contribution in [3.63, 3.8) is 0 Å². The minimum absolute atomic E-state index is 0.171. The minimum Gasteiger partial charge on any atom is -0.327 e. The number of aryl methyl sites for hydroxylation is 1. The van der Waals surface area contributed by atoms with E-state index in [2.05, 4.69) is 0 Å². The molecule has 0 heterocycles. The van der Waals surface area contributed by atoms with Crippen molar-refractivity contribution < 1.29 is 13.6 Å². The summed E-state index contributed by atoms with van der Waals surface area (Å²) in [5.41, 5.74) is 5.83. The molecule has 0 saturated heterocycles. The minimum atomic E-state index is -1.05. The van der Waals surface area contributed by atoms with Gasteiger partial charge in [-0.25, -0.2) is 8.78 Å². The number of carbonyl (C=O) groups excluding carboxylic acids is 1. The van der Waals surface area contributed by atoms with Gasteiger partial charge in [0, 0.05) is 12.0 Å². The molecule has 4 heteroatoms. The fourth-order valence-electron chi connectivity index (χ4n) is 2.35. The molecule has 2 unspecified atom stereocenters. The molecule has 1 aliphatic carbocycles. The molecule has 17 heavy (non-hydrogen) atoms. The van der Waals surface area contributed by atoms with E-state index in [1.807, 2.05) is 0 Å². The van der Waals surface area contributed by atoms with Crippen molar-refractivity contribution in [3.8, 4) is 0 Å². The Morgan fingerprint density at radius 1 is 1.29 bits per heavy atom. The molecule has 2 N–H and O–H groups in total. The molecule has 2 atom stereocenters. The molecule has 0 aromatic heterocycles. The average Bonchev–Trinajstić information content (AvgIpc) is 2.72. The Hall–Kier alpha value is -1.29. The number of carbonyl (C=O) groups is 1. The molecule has 0 bridgehead atoms. The number of halogens is 2. The second-order valence-electron chi connectivity index (χ2n) is 4.62. The number of hydrogen-bond donors (Lipinski definition) is 1. The summed E-state index contributed by atoms with van der Waals surface area (Å²) in [7, 11) is 0. The maximum absolute atomic E-state index is 13.7. The smallest absolute Gasteiger partial charge is 0.170 e. The Balaban J connectivity index is 2.34. The third kappa shape index (κ3) is 2.09. The van der Waals surface area contributed by atoms with E-state index >= 15 is 0 Å². The number of benzene rings is 1. The molecule has 1 aliphatic rings. The van der Waals surface area contributed by atoms with Gasteiger partial charge in [-0.15, -0.1) is 0 Å². The fourth-order valence-corrected chi connectivity index (χ4v) is 2.35. The van der Waals surface area contributed by atoms with Gasteiger partial charge >= 0.3 is 0 Å². The molecule has 0 aliphatic heterocycles. The van der Waals surface area contributed by atoms with Gasteiger partial charge in [0.2, 0.25) is 0 Å². The Morgan fingerprint density at radius 3 is 2.59 bits per heavy atom. The Morgan fingerprint density at radius 2 is 2.00 bits per heavy atom. The van der Waals surface area contributed by atoms with Crippen molar-refractivity contribution in [1.82, 2.24) is 0 Å². The summed E-state index contributed by atoms with van der Waals surface area (Å²) in [5.74, 6) is -2.73. The number of hydrogen-bond acceptors (Lipinski definition) is 2. The number of Topliss-reactive ketones (excluding diaryl/α,β-unsaturated/α-hetero) is 1. The third-order valence-corrected chi connectivity index (χ3v) is 3.45. The van der Waals surface area contributed by atoms with E-state index in [1.54, 1.807) is 0 Å². The van der Waals surface area contributed by atoms with Gasteiger partial charge in [-0.3, -0.25) is 4.79 Å². The van der Waals surface area contributed by atoms with E-state index in [-0.39, 0.29) is 28.9 Å². The van der Waals surface area contributed by atoms with Crippen molar-refractivity contribution in [2.75, 3.05) is 0 Å². The summed E-state index contributed by atoms with van der Waals surface area (Å²) in [5, 5.41) is 0. The zero-order chi connectivity index (χ0) is 12.6. The van der Waals surface area contributed by atoms with E-state index in [1.165, 1.54) is 19.1 Å². The first-order chi connectivity index (χ1) is 8.02. The zero-order valence-corrected chi connectivity index (χ0v) is 9.67. The van der Waals surface area contributed by atoms with Crippen molar-refractivity contribution in [2.24, 2.45) is 11.7 Å². The average molecular weight is 239 g/mol. The highest BCUT2D eigenvalue weighted by molar-refractivity contribution is 5.98. The summed E-state index contributed by atoms with van der Waals surface area (Å²) in [6.07, 6.45) is 2.30. The summed E-state index contributed by atoms with van der Waals surface area (Å²) < 4.78 is 27.0. The normalized spacial score (nSPS) is 24.0. The quantitative estimate of drug-likeness (QED) is 0.806. The number of nitrogens with two attached hydrogens (primary N) is 1. The van der Waals surface area contributed by atoms with E-state index in [9.17, 15) is 13.6 Å². The SMILES string of the molecule is Cc1ccc(C(=O)C2CCCC2N)c(F)c1F. The number of ketones is 1. The lowest BCUT2D eigenvalue weighted by Crippen LogP contribution is -2.31. The monoisotopic (exact) mass is 239 g/mol. The lowest BCUT2D eigenvalue weighted by molar-refractivity contribution is 0.0908. The molecule has 2 rings (SSSR count). The van der Waals surface area contributed by atoms with Crippen LogP contribution in [-0.2, 0) is 0 Å². The highest BCUT2D eigenvalue weighted by Gasteiger charge is 2.32. The molecule has 2 nitrogen and oxygen atoms in total. The van der Waals surface area contributed by atoms with Crippen LogP contribution in [0.25, 0.3) is 0 Å². The van der Waals surface area contributed by atoms with Crippen LogP contribution in [0.2, 0.25) is 0 Å². The van der Waals surface area contributed by atoms with Gasteiger partial charge in [0.1, 0.15) is 0 Å². The maximum atomic E-state index is 13.7. The van der Waals surface area contributed by atoms with Gasteiger partial charge in [0.05, 0.1) is 5.56 Å². The van der Waals surface area contributed by atoms with Crippen molar-refractivity contribution >= 4 is 5.78 Å². The van der Waals surface area contributed by atoms with Crippen LogP contribution < -0.4 is 5.73 Å². The van der Waals surface area contributed by atoms with Gasteiger partial charge in [-0.1, -0.05) is 12.5 Å². The molecule has 92 valence electrons. The standard InChI is InChI=1S/C13H15F2NO/c1-7-5-6-9(12(15)11(7)14)13(17)8-3-2-4-10(8)16/h5-6,8,10H,2-4,16H2,1H3. The molecule has 0 amide bonds. The predicted molar refractivity (Wildman–Crippen MR) is 60.7 cm³/mol. The lowest BCUT2D eigenvalue weighted by atomic mass is 9.92. The first kappa shape index (κ1) is 12.2. The topological polar surface area (TPSA) is 43.1 Å². The van der Waals surface area contributed by atoms with Gasteiger partial charge in [-0.2, -0.15) is 0 Å². The van der Waals surface area contributed by atoms with Crippen LogP contribution in [0.4, 0.5) is 8.78 Å². The highest BCUT2D eigenvalue weighted by atomic mass is 19.2. The maximum Gasteiger partial charge on any atom is 0.170 e. The highest BCUT2D eigenvalue weighted by Crippen LogP contribution is 2.29. The summed E-state index contributed by atoms with van der Waals surface area (Å²) >= 11 is 0. The van der Waals surface area contributed by atoms with Crippen molar-refractivity contribution in [1.29, 1.82) is 0 Å². The first-order valence-electron chi connectivity index (χ1n) is 5.76. The summed E-state index contributed by atoms with van der Waals surface area (Å²) in [4.78, 5) is 12.1. The van der Waals surface area contributed by atoms with Crippen LogP contribution in [0.5, 0.6) is 0 Å². The molecule has 1 fully saturated rings. The van der Waals surface area contributed by atoms with Crippen molar-refractivity contribution in [2.45, 2.75) is 32.2 Å².